The summed E-state index contributed by atoms with van der Waals surface area (Å²) in [6, 6.07) is 0.0232. The Bertz CT molecular complexity index is 514. The molecule has 0 aromatic carbocycles. The van der Waals surface area contributed by atoms with Crippen LogP contribution >= 0.6 is 0 Å². The number of likely N-dealkylation sites (tertiary alicyclic amines) is 1. The molecule has 1 atom stereocenters. The van der Waals surface area contributed by atoms with E-state index in [9.17, 15) is 14.4 Å². The molecule has 1 aliphatic heterocycles. The maximum Gasteiger partial charge on any atom is 0.317 e. The fourth-order valence-electron chi connectivity index (χ4n) is 3.87. The fraction of sp³-hybridized carbons (Fsp3) is 0.824. The zero-order valence-corrected chi connectivity index (χ0v) is 14.2. The molecule has 2 N–H and O–H groups in total. The minimum atomic E-state index is -0.786. The molecule has 134 valence electrons. The molecule has 7 heteroatoms. The van der Waals surface area contributed by atoms with Gasteiger partial charge in [-0.25, -0.2) is 0 Å². The molecule has 1 heterocycles. The van der Waals surface area contributed by atoms with Crippen molar-refractivity contribution in [3.05, 3.63) is 0 Å². The monoisotopic (exact) mass is 337 g/mol. The van der Waals surface area contributed by atoms with Gasteiger partial charge in [-0.15, -0.1) is 0 Å². The van der Waals surface area contributed by atoms with Gasteiger partial charge in [0.15, 0.2) is 0 Å². The van der Waals surface area contributed by atoms with Gasteiger partial charge < -0.3 is 15.3 Å². The molecule has 3 aliphatic rings. The molecule has 0 bridgehead atoms. The second-order valence-electron chi connectivity index (χ2n) is 7.47. The molecule has 2 aliphatic carbocycles. The van der Waals surface area contributed by atoms with Crippen LogP contribution in [0.4, 0.5) is 0 Å². The van der Waals surface area contributed by atoms with E-state index in [1.165, 1.54) is 19.8 Å². The van der Waals surface area contributed by atoms with Crippen LogP contribution in [0, 0.1) is 5.92 Å². The van der Waals surface area contributed by atoms with Crippen LogP contribution in [-0.2, 0) is 14.4 Å². The first-order chi connectivity index (χ1) is 11.4. The Balaban J connectivity index is 1.46. The first kappa shape index (κ1) is 17.2. The van der Waals surface area contributed by atoms with Gasteiger partial charge in [-0.1, -0.05) is 0 Å². The van der Waals surface area contributed by atoms with Crippen molar-refractivity contribution >= 4 is 17.8 Å². The van der Waals surface area contributed by atoms with Gasteiger partial charge in [-0.05, 0) is 44.4 Å². The normalized spacial score (nSPS) is 29.4. The molecule has 2 amide bonds. The zero-order valence-electron chi connectivity index (χ0n) is 14.2. The summed E-state index contributed by atoms with van der Waals surface area (Å²) in [5, 5.41) is 12.1. The molecule has 0 aromatic heterocycles. The summed E-state index contributed by atoms with van der Waals surface area (Å²) in [5.41, 5.74) is 0. The van der Waals surface area contributed by atoms with E-state index >= 15 is 0 Å². The Morgan fingerprint density at radius 2 is 1.92 bits per heavy atom. The molecule has 3 rings (SSSR count). The Morgan fingerprint density at radius 1 is 1.21 bits per heavy atom. The third-order valence-electron chi connectivity index (χ3n) is 5.46. The van der Waals surface area contributed by atoms with Crippen molar-refractivity contribution in [3.63, 3.8) is 0 Å². The number of carbonyl (C=O) groups is 3. The Kier molecular flexibility index (Phi) is 5.08. The van der Waals surface area contributed by atoms with Gasteiger partial charge in [0, 0.05) is 32.1 Å². The largest absolute Gasteiger partial charge is 0.480 e. The molecule has 2 saturated carbocycles. The van der Waals surface area contributed by atoms with Crippen LogP contribution in [0.2, 0.25) is 0 Å². The Morgan fingerprint density at radius 3 is 2.50 bits per heavy atom. The standard InChI is InChI=1S/C17H27N3O4/c1-11(21)20-6-2-3-15(20)17(24)18-13-7-14(8-13)19(10-16(22)23)9-12-4-5-12/h12-15H,2-10H2,1H3,(H,18,24)(H,22,23). The van der Waals surface area contributed by atoms with Gasteiger partial charge in [0.25, 0.3) is 0 Å². The van der Waals surface area contributed by atoms with Crippen LogP contribution in [-0.4, -0.2) is 70.4 Å². The van der Waals surface area contributed by atoms with Crippen molar-refractivity contribution in [1.82, 2.24) is 15.1 Å². The lowest BCUT2D eigenvalue weighted by atomic mass is 9.85. The van der Waals surface area contributed by atoms with Crippen molar-refractivity contribution in [2.75, 3.05) is 19.6 Å². The van der Waals surface area contributed by atoms with Crippen LogP contribution in [0.15, 0.2) is 0 Å². The van der Waals surface area contributed by atoms with Gasteiger partial charge in [0.1, 0.15) is 6.04 Å². The van der Waals surface area contributed by atoms with Crippen LogP contribution in [0.25, 0.3) is 0 Å². The highest BCUT2D eigenvalue weighted by atomic mass is 16.4. The van der Waals surface area contributed by atoms with E-state index in [1.807, 2.05) is 0 Å². The lowest BCUT2D eigenvalue weighted by molar-refractivity contribution is -0.140. The maximum atomic E-state index is 12.4. The van der Waals surface area contributed by atoms with Crippen LogP contribution in [0.5, 0.6) is 0 Å². The number of carbonyl (C=O) groups excluding carboxylic acids is 2. The molecule has 0 radical (unpaired) electrons. The molecule has 0 aromatic rings. The zero-order chi connectivity index (χ0) is 17.3. The second kappa shape index (κ2) is 7.09. The van der Waals surface area contributed by atoms with Gasteiger partial charge in [0.05, 0.1) is 6.54 Å². The predicted molar refractivity (Wildman–Crippen MR) is 87.3 cm³/mol. The highest BCUT2D eigenvalue weighted by Crippen LogP contribution is 2.34. The van der Waals surface area contributed by atoms with E-state index in [4.69, 9.17) is 5.11 Å². The van der Waals surface area contributed by atoms with Crippen molar-refractivity contribution in [1.29, 1.82) is 0 Å². The number of nitrogens with zero attached hydrogens (tertiary/aromatic N) is 2. The Labute approximate surface area is 142 Å². The average molecular weight is 337 g/mol. The minimum Gasteiger partial charge on any atom is -0.480 e. The number of nitrogens with one attached hydrogen (secondary N) is 1. The number of hydrogen-bond donors (Lipinski definition) is 2. The molecule has 24 heavy (non-hydrogen) atoms. The van der Waals surface area contributed by atoms with Crippen molar-refractivity contribution in [2.45, 2.75) is 63.6 Å². The summed E-state index contributed by atoms with van der Waals surface area (Å²) >= 11 is 0. The molecule has 0 spiro atoms. The highest BCUT2D eigenvalue weighted by Gasteiger charge is 2.40. The number of hydrogen-bond acceptors (Lipinski definition) is 4. The number of carboxylic acids is 1. The SMILES string of the molecule is CC(=O)N1CCCC1C(=O)NC1CC(N(CC(=O)O)CC2CC2)C1. The first-order valence-electron chi connectivity index (χ1n) is 8.97. The summed E-state index contributed by atoms with van der Waals surface area (Å²) in [6.45, 7) is 3.11. The smallest absolute Gasteiger partial charge is 0.317 e. The molecule has 7 nitrogen and oxygen atoms in total. The van der Waals surface area contributed by atoms with Crippen LogP contribution in [0.3, 0.4) is 0 Å². The molecule has 1 unspecified atom stereocenters. The van der Waals surface area contributed by atoms with E-state index in [0.29, 0.717) is 12.5 Å². The van der Waals surface area contributed by atoms with Crippen LogP contribution in [0.1, 0.15) is 45.4 Å². The number of amides is 2. The van der Waals surface area contributed by atoms with E-state index < -0.39 is 5.97 Å². The van der Waals surface area contributed by atoms with Crippen LogP contribution < -0.4 is 5.32 Å². The molecule has 3 fully saturated rings. The van der Waals surface area contributed by atoms with E-state index in [-0.39, 0.29) is 36.5 Å². The molecule has 1 saturated heterocycles. The number of carboxylic acid groups (broad SMARTS) is 1. The second-order valence-corrected chi connectivity index (χ2v) is 7.47. The third kappa shape index (κ3) is 4.06. The lowest BCUT2D eigenvalue weighted by Gasteiger charge is -2.43. The molecular formula is C17H27N3O4. The fourth-order valence-corrected chi connectivity index (χ4v) is 3.87. The third-order valence-corrected chi connectivity index (χ3v) is 5.46. The maximum absolute atomic E-state index is 12.4. The van der Waals surface area contributed by atoms with Crippen molar-refractivity contribution in [2.24, 2.45) is 5.92 Å². The number of rotatable bonds is 7. The quantitative estimate of drug-likeness (QED) is 0.704. The van der Waals surface area contributed by atoms with Gasteiger partial charge in [-0.3, -0.25) is 19.3 Å². The van der Waals surface area contributed by atoms with Crippen molar-refractivity contribution in [3.8, 4) is 0 Å². The first-order valence-corrected chi connectivity index (χ1v) is 8.97. The minimum absolute atomic E-state index is 0.0452. The Hall–Kier alpha value is -1.63. The average Bonchev–Trinajstić information content (AvgIpc) is 3.13. The summed E-state index contributed by atoms with van der Waals surface area (Å²) in [5.74, 6) is -0.235. The van der Waals surface area contributed by atoms with Gasteiger partial charge in [-0.2, -0.15) is 0 Å². The van der Waals surface area contributed by atoms with E-state index in [0.717, 1.165) is 32.2 Å². The summed E-state index contributed by atoms with van der Waals surface area (Å²) in [7, 11) is 0. The van der Waals surface area contributed by atoms with Gasteiger partial charge >= 0.3 is 5.97 Å². The number of aliphatic carboxylic acids is 1. The summed E-state index contributed by atoms with van der Waals surface area (Å²) < 4.78 is 0. The summed E-state index contributed by atoms with van der Waals surface area (Å²) in [4.78, 5) is 38.7. The van der Waals surface area contributed by atoms with E-state index in [2.05, 4.69) is 10.2 Å². The predicted octanol–water partition coefficient (Wildman–Crippen LogP) is 0.441. The van der Waals surface area contributed by atoms with Gasteiger partial charge in [0.2, 0.25) is 11.8 Å². The lowest BCUT2D eigenvalue weighted by Crippen LogP contribution is -2.57. The molecular weight excluding hydrogens is 310 g/mol. The van der Waals surface area contributed by atoms with E-state index in [1.54, 1.807) is 4.90 Å². The van der Waals surface area contributed by atoms with Crippen molar-refractivity contribution < 1.29 is 19.5 Å². The topological polar surface area (TPSA) is 90.0 Å². The highest BCUT2D eigenvalue weighted by molar-refractivity contribution is 5.87. The summed E-state index contributed by atoms with van der Waals surface area (Å²) in [6.07, 6.45) is 5.61.